The molecule has 0 fully saturated rings. The maximum Gasteiger partial charge on any atom is 0.337 e. The van der Waals surface area contributed by atoms with Gasteiger partial charge in [-0.05, 0) is 24.3 Å². The van der Waals surface area contributed by atoms with Gasteiger partial charge < -0.3 is 9.15 Å². The molecule has 118 valence electrons. The van der Waals surface area contributed by atoms with E-state index in [1.54, 1.807) is 30.3 Å². The molecule has 0 spiro atoms. The van der Waals surface area contributed by atoms with Crippen molar-refractivity contribution in [3.05, 3.63) is 65.5 Å². The van der Waals surface area contributed by atoms with Crippen molar-refractivity contribution in [2.24, 2.45) is 0 Å². The molecule has 0 bridgehead atoms. The van der Waals surface area contributed by atoms with Crippen molar-refractivity contribution in [1.29, 1.82) is 5.26 Å². The van der Waals surface area contributed by atoms with Gasteiger partial charge in [-0.2, -0.15) is 5.26 Å². The van der Waals surface area contributed by atoms with Crippen molar-refractivity contribution in [2.45, 2.75) is 5.92 Å². The molecule has 0 aliphatic rings. The third kappa shape index (κ3) is 2.75. The minimum atomic E-state index is -1.19. The second-order valence-corrected chi connectivity index (χ2v) is 5.02. The van der Waals surface area contributed by atoms with Gasteiger partial charge >= 0.3 is 5.97 Å². The van der Waals surface area contributed by atoms with Crippen LogP contribution in [0, 0.1) is 11.3 Å². The van der Waals surface area contributed by atoms with E-state index in [0.29, 0.717) is 11.1 Å². The number of ketones is 1. The summed E-state index contributed by atoms with van der Waals surface area (Å²) in [6.07, 6.45) is 0. The standard InChI is InChI=1S/C18H12N2O4/c1-23-18(22)12-6-4-5-11(9-12)16(21)13(10-19)17-20-14-7-2-3-8-15(14)24-17/h2-9,13H,1H3/t13-/m0/s1. The number of fused-ring (bicyclic) bond motifs is 1. The van der Waals surface area contributed by atoms with Gasteiger partial charge in [0.2, 0.25) is 5.89 Å². The highest BCUT2D eigenvalue weighted by molar-refractivity contribution is 6.04. The van der Waals surface area contributed by atoms with Gasteiger partial charge in [-0.1, -0.05) is 24.3 Å². The van der Waals surface area contributed by atoms with Gasteiger partial charge in [-0.25, -0.2) is 9.78 Å². The lowest BCUT2D eigenvalue weighted by molar-refractivity contribution is 0.0600. The van der Waals surface area contributed by atoms with E-state index in [9.17, 15) is 14.9 Å². The number of carbonyl (C=O) groups is 2. The Kier molecular flexibility index (Phi) is 4.08. The van der Waals surface area contributed by atoms with Crippen LogP contribution < -0.4 is 0 Å². The summed E-state index contributed by atoms with van der Waals surface area (Å²) in [5.74, 6) is -2.20. The van der Waals surface area contributed by atoms with Gasteiger partial charge in [0.25, 0.3) is 0 Å². The highest BCUT2D eigenvalue weighted by atomic mass is 16.5. The Morgan fingerprint density at radius 1 is 1.17 bits per heavy atom. The number of Topliss-reactive ketones (excluding diaryl/α,β-unsaturated/α-hetero) is 1. The largest absolute Gasteiger partial charge is 0.465 e. The third-order valence-electron chi connectivity index (χ3n) is 3.52. The maximum atomic E-state index is 12.6. The molecule has 0 radical (unpaired) electrons. The van der Waals surface area contributed by atoms with Gasteiger partial charge in [-0.3, -0.25) is 4.79 Å². The van der Waals surface area contributed by atoms with Gasteiger partial charge in [0, 0.05) is 5.56 Å². The Morgan fingerprint density at radius 2 is 1.92 bits per heavy atom. The fraction of sp³-hybridized carbons (Fsp3) is 0.111. The summed E-state index contributed by atoms with van der Waals surface area (Å²) in [6, 6.07) is 14.9. The third-order valence-corrected chi connectivity index (χ3v) is 3.52. The number of para-hydroxylation sites is 2. The average Bonchev–Trinajstić information content (AvgIpc) is 3.05. The molecule has 3 rings (SSSR count). The molecule has 0 N–H and O–H groups in total. The van der Waals surface area contributed by atoms with E-state index in [0.717, 1.165) is 0 Å². The van der Waals surface area contributed by atoms with Gasteiger partial charge in [0.15, 0.2) is 17.3 Å². The SMILES string of the molecule is COC(=O)c1cccc(C(=O)[C@H](C#N)c2nc3ccccc3o2)c1. The number of methoxy groups -OCH3 is 1. The van der Waals surface area contributed by atoms with Crippen LogP contribution >= 0.6 is 0 Å². The first kappa shape index (κ1) is 15.4. The number of nitrogens with zero attached hydrogens (tertiary/aromatic N) is 2. The second-order valence-electron chi connectivity index (χ2n) is 5.02. The smallest absolute Gasteiger partial charge is 0.337 e. The first-order chi connectivity index (χ1) is 11.6. The lowest BCUT2D eigenvalue weighted by atomic mass is 9.97. The predicted octanol–water partition coefficient (Wildman–Crippen LogP) is 3.10. The summed E-state index contributed by atoms with van der Waals surface area (Å²) < 4.78 is 10.2. The highest BCUT2D eigenvalue weighted by Crippen LogP contribution is 2.24. The molecular formula is C18H12N2O4. The molecule has 3 aromatic rings. The molecule has 1 aromatic heterocycles. The van der Waals surface area contributed by atoms with Crippen LogP contribution in [0.3, 0.4) is 0 Å². The average molecular weight is 320 g/mol. The Bertz CT molecular complexity index is 935. The molecule has 6 nitrogen and oxygen atoms in total. The minimum absolute atomic E-state index is 0.0344. The Morgan fingerprint density at radius 3 is 2.62 bits per heavy atom. The van der Waals surface area contributed by atoms with Crippen molar-refractivity contribution >= 4 is 22.9 Å². The van der Waals surface area contributed by atoms with Crippen LogP contribution in [-0.4, -0.2) is 23.8 Å². The predicted molar refractivity (Wildman–Crippen MR) is 84.5 cm³/mol. The number of esters is 1. The van der Waals surface area contributed by atoms with Gasteiger partial charge in [0.05, 0.1) is 18.7 Å². The van der Waals surface area contributed by atoms with Crippen molar-refractivity contribution in [1.82, 2.24) is 4.98 Å². The molecule has 6 heteroatoms. The molecule has 0 amide bonds. The van der Waals surface area contributed by atoms with Crippen molar-refractivity contribution in [3.8, 4) is 6.07 Å². The van der Waals surface area contributed by atoms with Crippen LogP contribution in [0.25, 0.3) is 11.1 Å². The van der Waals surface area contributed by atoms with Crippen molar-refractivity contribution in [3.63, 3.8) is 0 Å². The fourth-order valence-corrected chi connectivity index (χ4v) is 2.32. The monoisotopic (exact) mass is 320 g/mol. The molecule has 24 heavy (non-hydrogen) atoms. The zero-order valence-electron chi connectivity index (χ0n) is 12.7. The lowest BCUT2D eigenvalue weighted by Crippen LogP contribution is -2.13. The zero-order valence-corrected chi connectivity index (χ0v) is 12.7. The first-order valence-electron chi connectivity index (χ1n) is 7.11. The minimum Gasteiger partial charge on any atom is -0.465 e. The number of rotatable bonds is 4. The van der Waals surface area contributed by atoms with E-state index in [4.69, 9.17) is 4.42 Å². The maximum absolute atomic E-state index is 12.6. The van der Waals surface area contributed by atoms with Gasteiger partial charge in [-0.15, -0.1) is 0 Å². The Labute approximate surface area is 137 Å². The van der Waals surface area contributed by atoms with Crippen LogP contribution in [0.4, 0.5) is 0 Å². The molecule has 0 aliphatic carbocycles. The summed E-state index contributed by atoms with van der Waals surface area (Å²) in [4.78, 5) is 28.4. The molecular weight excluding hydrogens is 308 g/mol. The number of benzene rings is 2. The van der Waals surface area contributed by atoms with Crippen LogP contribution in [-0.2, 0) is 4.74 Å². The molecule has 1 heterocycles. The van der Waals surface area contributed by atoms with Crippen LogP contribution in [0.1, 0.15) is 32.5 Å². The normalized spacial score (nSPS) is 11.7. The molecule has 0 saturated carbocycles. The van der Waals surface area contributed by atoms with E-state index >= 15 is 0 Å². The van der Waals surface area contributed by atoms with E-state index in [2.05, 4.69) is 9.72 Å². The Hall–Kier alpha value is -3.46. The van der Waals surface area contributed by atoms with E-state index in [-0.39, 0.29) is 17.0 Å². The molecule has 1 atom stereocenters. The lowest BCUT2D eigenvalue weighted by Gasteiger charge is -2.06. The molecule has 0 aliphatic heterocycles. The number of ether oxygens (including phenoxy) is 1. The summed E-state index contributed by atoms with van der Waals surface area (Å²) >= 11 is 0. The molecule has 0 saturated heterocycles. The van der Waals surface area contributed by atoms with Crippen LogP contribution in [0.5, 0.6) is 0 Å². The van der Waals surface area contributed by atoms with E-state index in [1.165, 1.54) is 25.3 Å². The summed E-state index contributed by atoms with van der Waals surface area (Å²) in [6.45, 7) is 0. The van der Waals surface area contributed by atoms with E-state index in [1.807, 2.05) is 6.07 Å². The number of hydrogen-bond donors (Lipinski definition) is 0. The van der Waals surface area contributed by atoms with Crippen LogP contribution in [0.2, 0.25) is 0 Å². The quantitative estimate of drug-likeness (QED) is 0.541. The first-order valence-corrected chi connectivity index (χ1v) is 7.11. The van der Waals surface area contributed by atoms with Crippen molar-refractivity contribution in [2.75, 3.05) is 7.11 Å². The molecule has 2 aromatic carbocycles. The summed E-state index contributed by atoms with van der Waals surface area (Å²) in [5.41, 5.74) is 1.53. The summed E-state index contributed by atoms with van der Waals surface area (Å²) in [7, 11) is 1.26. The number of hydrogen-bond acceptors (Lipinski definition) is 6. The number of nitriles is 1. The molecule has 0 unspecified atom stereocenters. The van der Waals surface area contributed by atoms with Crippen molar-refractivity contribution < 1.29 is 18.7 Å². The number of oxazole rings is 1. The highest BCUT2D eigenvalue weighted by Gasteiger charge is 2.27. The fourth-order valence-electron chi connectivity index (χ4n) is 2.32. The number of aromatic nitrogens is 1. The topological polar surface area (TPSA) is 93.2 Å². The van der Waals surface area contributed by atoms with Gasteiger partial charge in [0.1, 0.15) is 5.52 Å². The summed E-state index contributed by atoms with van der Waals surface area (Å²) in [5, 5.41) is 9.40. The van der Waals surface area contributed by atoms with Crippen LogP contribution in [0.15, 0.2) is 52.9 Å². The Balaban J connectivity index is 1.98. The zero-order chi connectivity index (χ0) is 17.1. The second kappa shape index (κ2) is 6.34. The number of carbonyl (C=O) groups excluding carboxylic acids is 2. The van der Waals surface area contributed by atoms with E-state index < -0.39 is 17.7 Å².